The van der Waals surface area contributed by atoms with E-state index in [1.807, 2.05) is 6.08 Å². The van der Waals surface area contributed by atoms with Gasteiger partial charge in [0.25, 0.3) is 5.91 Å². The van der Waals surface area contributed by atoms with E-state index in [0.717, 1.165) is 38.2 Å². The Kier molecular flexibility index (Phi) is 8.75. The quantitative estimate of drug-likeness (QED) is 0.538. The zero-order valence-corrected chi connectivity index (χ0v) is 19.4. The molecule has 1 N–H and O–H groups in total. The van der Waals surface area contributed by atoms with E-state index in [1.54, 1.807) is 0 Å². The smallest absolute Gasteiger partial charge is 0.286 e. The van der Waals surface area contributed by atoms with E-state index in [9.17, 15) is 4.79 Å². The number of hydrogen-bond donors (Lipinski definition) is 1. The van der Waals surface area contributed by atoms with Crippen LogP contribution in [0.25, 0.3) is 0 Å². The molecule has 1 aliphatic heterocycles. The fraction of sp³-hybridized carbons (Fsp3) is 0.870. The Balaban J connectivity index is 1.31. The Labute approximate surface area is 178 Å². The van der Waals surface area contributed by atoms with Crippen LogP contribution in [0.2, 0.25) is 0 Å². The third-order valence-corrected chi connectivity index (χ3v) is 7.70. The summed E-state index contributed by atoms with van der Waals surface area (Å²) in [5.74, 6) is 2.56. The van der Waals surface area contributed by atoms with E-state index in [1.165, 1.54) is 32.1 Å². The van der Waals surface area contributed by atoms with Gasteiger partial charge in [-0.3, -0.25) is 4.79 Å². The molecule has 3 atom stereocenters. The van der Waals surface area contributed by atoms with Crippen LogP contribution in [0.1, 0.15) is 51.4 Å². The largest absolute Gasteiger partial charge is 0.484 e. The molecule has 168 valence electrons. The van der Waals surface area contributed by atoms with Crippen LogP contribution in [0, 0.1) is 11.8 Å². The predicted molar refractivity (Wildman–Crippen MR) is 121 cm³/mol. The number of nitrogens with one attached hydrogen (secondary N) is 1. The van der Waals surface area contributed by atoms with Crippen molar-refractivity contribution in [3.63, 3.8) is 0 Å². The lowest BCUT2D eigenvalue weighted by Gasteiger charge is -2.32. The van der Waals surface area contributed by atoms with Gasteiger partial charge >= 0.3 is 0 Å². The predicted octanol–water partition coefficient (Wildman–Crippen LogP) is 3.86. The molecule has 0 spiro atoms. The number of ether oxygens (including phenoxy) is 3. The molecule has 0 saturated heterocycles. The second-order valence-corrected chi connectivity index (χ2v) is 14.4. The molecule has 2 aliphatic carbocycles. The second-order valence-electron chi connectivity index (χ2n) is 9.79. The molecule has 0 aromatic carbocycles. The molecule has 0 bridgehead atoms. The fourth-order valence-corrected chi connectivity index (χ4v) is 5.13. The average molecular weight is 428 g/mol. The normalized spacial score (nSPS) is 28.4. The van der Waals surface area contributed by atoms with Gasteiger partial charge < -0.3 is 19.5 Å². The molecule has 3 rings (SSSR count). The molecule has 6 heteroatoms. The first-order valence-corrected chi connectivity index (χ1v) is 14.5. The second kappa shape index (κ2) is 11.1. The van der Waals surface area contributed by atoms with Crippen molar-refractivity contribution in [1.29, 1.82) is 0 Å². The summed E-state index contributed by atoms with van der Waals surface area (Å²) in [6.45, 7) is 2.80. The van der Waals surface area contributed by atoms with E-state index in [2.05, 4.69) is 24.1 Å². The van der Waals surface area contributed by atoms with Gasteiger partial charge in [-0.15, -0.1) is 0 Å². The Hall–Kier alpha value is -0.720. The van der Waals surface area contributed by atoms with Gasteiger partial charge in [0.2, 0.25) is 0 Å². The number of rotatable bonds is 10. The van der Waals surface area contributed by atoms with Gasteiger partial charge in [-0.1, -0.05) is 19.3 Å². The van der Waals surface area contributed by atoms with Gasteiger partial charge in [0, 0.05) is 24.8 Å². The van der Waals surface area contributed by atoms with Gasteiger partial charge in [-0.2, -0.15) is 0 Å². The minimum Gasteiger partial charge on any atom is -0.484 e. The summed E-state index contributed by atoms with van der Waals surface area (Å²) < 4.78 is 17.8. The maximum atomic E-state index is 12.4. The van der Waals surface area contributed by atoms with Crippen molar-refractivity contribution in [3.05, 3.63) is 11.8 Å². The van der Waals surface area contributed by atoms with Crippen molar-refractivity contribution in [2.45, 2.75) is 63.6 Å². The minimum atomic E-state index is -0.507. The number of hydrogen-bond acceptors (Lipinski definition) is 4. The van der Waals surface area contributed by atoms with Gasteiger partial charge in [-0.25, -0.2) is 10.0 Å². The molecule has 2 saturated carbocycles. The van der Waals surface area contributed by atoms with Crippen LogP contribution in [0.4, 0.5) is 0 Å². The molecular weight excluding hydrogens is 386 g/mol. The molecule has 1 amide bonds. The maximum Gasteiger partial charge on any atom is 0.286 e. The van der Waals surface area contributed by atoms with Gasteiger partial charge in [0.05, 0.1) is 19.3 Å². The van der Waals surface area contributed by atoms with E-state index >= 15 is 0 Å². The van der Waals surface area contributed by atoms with Crippen LogP contribution in [0.5, 0.6) is 0 Å². The van der Waals surface area contributed by atoms with Crippen LogP contribution >= 0.6 is 10.0 Å². The first-order chi connectivity index (χ1) is 13.9. The minimum absolute atomic E-state index is 0.102. The first kappa shape index (κ1) is 23.0. The summed E-state index contributed by atoms with van der Waals surface area (Å²) in [5, 5.41) is 2.95. The molecule has 2 fully saturated rings. The Bertz CT molecular complexity index is 554. The summed E-state index contributed by atoms with van der Waals surface area (Å²) >= 11 is 0. The average Bonchev–Trinajstić information content (AvgIpc) is 3.11. The monoisotopic (exact) mass is 427 g/mol. The zero-order valence-electron chi connectivity index (χ0n) is 18.6. The SMILES string of the molecule is CS(C)(C)CCOC1CCC2OC(C(=O)NCCOCC3CCCCC3)=CC2C1. The van der Waals surface area contributed by atoms with Crippen molar-refractivity contribution < 1.29 is 19.0 Å². The third kappa shape index (κ3) is 7.80. The third-order valence-electron chi connectivity index (χ3n) is 6.31. The van der Waals surface area contributed by atoms with Crippen molar-refractivity contribution in [2.75, 3.05) is 50.9 Å². The highest BCUT2D eigenvalue weighted by molar-refractivity contribution is 8.32. The van der Waals surface area contributed by atoms with Crippen LogP contribution in [-0.4, -0.2) is 69.0 Å². The van der Waals surface area contributed by atoms with E-state index in [-0.39, 0.29) is 12.0 Å². The Morgan fingerprint density at radius 3 is 2.69 bits per heavy atom. The molecule has 3 unspecified atom stereocenters. The highest BCUT2D eigenvalue weighted by atomic mass is 32.3. The highest BCUT2D eigenvalue weighted by Crippen LogP contribution is 2.38. The molecule has 0 aromatic rings. The summed E-state index contributed by atoms with van der Waals surface area (Å²) in [6, 6.07) is 0. The van der Waals surface area contributed by atoms with E-state index in [4.69, 9.17) is 14.2 Å². The van der Waals surface area contributed by atoms with Gasteiger partial charge in [0.15, 0.2) is 5.76 Å². The van der Waals surface area contributed by atoms with Crippen molar-refractivity contribution in [3.8, 4) is 0 Å². The zero-order chi connectivity index (χ0) is 20.7. The first-order valence-electron chi connectivity index (χ1n) is 11.4. The lowest BCUT2D eigenvalue weighted by atomic mass is 9.85. The van der Waals surface area contributed by atoms with E-state index in [0.29, 0.717) is 36.9 Å². The van der Waals surface area contributed by atoms with Crippen LogP contribution < -0.4 is 5.32 Å². The number of fused-ring (bicyclic) bond motifs is 1. The lowest BCUT2D eigenvalue weighted by molar-refractivity contribution is -0.122. The summed E-state index contributed by atoms with van der Waals surface area (Å²) in [5.41, 5.74) is 0. The number of amides is 1. The number of carbonyl (C=O) groups excluding carboxylic acids is 1. The topological polar surface area (TPSA) is 56.8 Å². The Morgan fingerprint density at radius 1 is 1.14 bits per heavy atom. The Morgan fingerprint density at radius 2 is 1.93 bits per heavy atom. The maximum absolute atomic E-state index is 12.4. The number of carbonyl (C=O) groups is 1. The molecule has 5 nitrogen and oxygen atoms in total. The van der Waals surface area contributed by atoms with Crippen molar-refractivity contribution >= 4 is 15.9 Å². The highest BCUT2D eigenvalue weighted by Gasteiger charge is 2.37. The summed E-state index contributed by atoms with van der Waals surface area (Å²) in [7, 11) is -0.507. The standard InChI is InChI=1S/C23H41NO4S/c1-29(2,3)14-13-27-20-9-10-21-19(15-20)16-22(28-21)23(25)24-11-12-26-17-18-7-5-4-6-8-18/h16,18-21H,4-15,17H2,1-3H3,(H,24,25). The molecule has 29 heavy (non-hydrogen) atoms. The van der Waals surface area contributed by atoms with E-state index < -0.39 is 10.0 Å². The molecular formula is C23H41NO4S. The molecule has 1 heterocycles. The van der Waals surface area contributed by atoms with Crippen LogP contribution in [-0.2, 0) is 19.0 Å². The molecule has 3 aliphatic rings. The van der Waals surface area contributed by atoms with Crippen LogP contribution in [0.3, 0.4) is 0 Å². The van der Waals surface area contributed by atoms with Gasteiger partial charge in [0.1, 0.15) is 6.10 Å². The van der Waals surface area contributed by atoms with Crippen LogP contribution in [0.15, 0.2) is 11.8 Å². The van der Waals surface area contributed by atoms with Crippen molar-refractivity contribution in [1.82, 2.24) is 5.32 Å². The molecule has 0 radical (unpaired) electrons. The van der Waals surface area contributed by atoms with Gasteiger partial charge in [-0.05, 0) is 62.9 Å². The lowest BCUT2D eigenvalue weighted by Crippen LogP contribution is -2.32. The molecule has 0 aromatic heterocycles. The van der Waals surface area contributed by atoms with Crippen molar-refractivity contribution in [2.24, 2.45) is 11.8 Å². The fourth-order valence-electron chi connectivity index (χ4n) is 4.53. The summed E-state index contributed by atoms with van der Waals surface area (Å²) in [4.78, 5) is 12.4. The summed E-state index contributed by atoms with van der Waals surface area (Å²) in [6.07, 6.45) is 19.0.